The molecule has 18 heavy (non-hydrogen) atoms. The fourth-order valence-electron chi connectivity index (χ4n) is 2.28. The van der Waals surface area contributed by atoms with E-state index in [0.717, 1.165) is 50.4 Å². The lowest BCUT2D eigenvalue weighted by atomic mass is 9.89. The maximum Gasteiger partial charge on any atom is 0.119 e. The molecule has 1 aliphatic rings. The van der Waals surface area contributed by atoms with E-state index in [1.807, 2.05) is 24.3 Å². The molecular weight excluding hydrogens is 228 g/mol. The van der Waals surface area contributed by atoms with Gasteiger partial charge >= 0.3 is 0 Å². The molecule has 1 aromatic rings. The SMILES string of the molecule is CCCOc1ccc(C(O)C2CCOCC2)cc1. The van der Waals surface area contributed by atoms with Gasteiger partial charge in [-0.1, -0.05) is 19.1 Å². The Morgan fingerprint density at radius 3 is 2.56 bits per heavy atom. The standard InChI is InChI=1S/C15H22O3/c1-2-9-18-14-5-3-12(4-6-14)15(16)13-7-10-17-11-8-13/h3-6,13,15-16H,2,7-11H2,1H3. The topological polar surface area (TPSA) is 38.7 Å². The third-order valence-electron chi connectivity index (χ3n) is 3.41. The molecule has 0 spiro atoms. The molecule has 0 saturated carbocycles. The fourth-order valence-corrected chi connectivity index (χ4v) is 2.28. The van der Waals surface area contributed by atoms with E-state index >= 15 is 0 Å². The monoisotopic (exact) mass is 250 g/mol. The van der Waals surface area contributed by atoms with E-state index in [2.05, 4.69) is 6.92 Å². The van der Waals surface area contributed by atoms with Crippen LogP contribution in [0, 0.1) is 5.92 Å². The van der Waals surface area contributed by atoms with Gasteiger partial charge in [0.05, 0.1) is 12.7 Å². The Morgan fingerprint density at radius 2 is 1.94 bits per heavy atom. The number of benzene rings is 1. The Bertz CT molecular complexity index is 341. The number of hydrogen-bond acceptors (Lipinski definition) is 3. The molecule has 1 fully saturated rings. The zero-order valence-corrected chi connectivity index (χ0v) is 11.0. The Labute approximate surface area is 109 Å². The summed E-state index contributed by atoms with van der Waals surface area (Å²) in [4.78, 5) is 0. The fraction of sp³-hybridized carbons (Fsp3) is 0.600. The van der Waals surface area contributed by atoms with Gasteiger partial charge in [-0.05, 0) is 42.9 Å². The quantitative estimate of drug-likeness (QED) is 0.873. The first-order chi connectivity index (χ1) is 8.81. The van der Waals surface area contributed by atoms with Crippen LogP contribution >= 0.6 is 0 Å². The summed E-state index contributed by atoms with van der Waals surface area (Å²) in [5.41, 5.74) is 0.978. The van der Waals surface area contributed by atoms with Crippen LogP contribution in [0.5, 0.6) is 5.75 Å². The second-order valence-electron chi connectivity index (χ2n) is 4.81. The second kappa shape index (κ2) is 6.76. The summed E-state index contributed by atoms with van der Waals surface area (Å²) < 4.78 is 10.9. The van der Waals surface area contributed by atoms with Crippen molar-refractivity contribution < 1.29 is 14.6 Å². The summed E-state index contributed by atoms with van der Waals surface area (Å²) >= 11 is 0. The second-order valence-corrected chi connectivity index (χ2v) is 4.81. The Balaban J connectivity index is 1.95. The minimum atomic E-state index is -0.380. The van der Waals surface area contributed by atoms with Gasteiger partial charge in [0.2, 0.25) is 0 Å². The van der Waals surface area contributed by atoms with Gasteiger partial charge < -0.3 is 14.6 Å². The van der Waals surface area contributed by atoms with Crippen molar-refractivity contribution in [3.05, 3.63) is 29.8 Å². The first-order valence-electron chi connectivity index (χ1n) is 6.80. The number of aliphatic hydroxyl groups is 1. The first kappa shape index (κ1) is 13.4. The molecule has 1 unspecified atom stereocenters. The van der Waals surface area contributed by atoms with Crippen LogP contribution in [0.3, 0.4) is 0 Å². The molecule has 2 rings (SSSR count). The van der Waals surface area contributed by atoms with E-state index in [4.69, 9.17) is 9.47 Å². The van der Waals surface area contributed by atoms with E-state index in [-0.39, 0.29) is 6.10 Å². The Hall–Kier alpha value is -1.06. The summed E-state index contributed by atoms with van der Waals surface area (Å²) in [6.45, 7) is 4.35. The molecule has 1 atom stereocenters. The van der Waals surface area contributed by atoms with Gasteiger partial charge in [0.15, 0.2) is 0 Å². The molecule has 1 aromatic carbocycles. The highest BCUT2D eigenvalue weighted by atomic mass is 16.5. The summed E-state index contributed by atoms with van der Waals surface area (Å²) in [7, 11) is 0. The largest absolute Gasteiger partial charge is 0.494 e. The average Bonchev–Trinajstić information content (AvgIpc) is 2.46. The molecular formula is C15H22O3. The van der Waals surface area contributed by atoms with Crippen molar-refractivity contribution in [3.8, 4) is 5.75 Å². The van der Waals surface area contributed by atoms with Crippen molar-refractivity contribution >= 4 is 0 Å². The van der Waals surface area contributed by atoms with Gasteiger partial charge in [0.25, 0.3) is 0 Å². The molecule has 100 valence electrons. The minimum absolute atomic E-state index is 0.321. The summed E-state index contributed by atoms with van der Waals surface area (Å²) in [6, 6.07) is 7.80. The van der Waals surface area contributed by atoms with Crippen molar-refractivity contribution in [2.75, 3.05) is 19.8 Å². The van der Waals surface area contributed by atoms with Crippen LogP contribution in [0.15, 0.2) is 24.3 Å². The Morgan fingerprint density at radius 1 is 1.28 bits per heavy atom. The third kappa shape index (κ3) is 3.47. The summed E-state index contributed by atoms with van der Waals surface area (Å²) in [6.07, 6.45) is 2.51. The molecule has 3 nitrogen and oxygen atoms in total. The van der Waals surface area contributed by atoms with E-state index in [1.165, 1.54) is 0 Å². The molecule has 0 aliphatic carbocycles. The van der Waals surface area contributed by atoms with Gasteiger partial charge in [-0.25, -0.2) is 0 Å². The van der Waals surface area contributed by atoms with E-state index in [9.17, 15) is 5.11 Å². The lowest BCUT2D eigenvalue weighted by Gasteiger charge is -2.27. The van der Waals surface area contributed by atoms with Crippen LogP contribution < -0.4 is 4.74 Å². The third-order valence-corrected chi connectivity index (χ3v) is 3.41. The molecule has 1 saturated heterocycles. The number of hydrogen-bond donors (Lipinski definition) is 1. The van der Waals surface area contributed by atoms with Gasteiger partial charge in [-0.3, -0.25) is 0 Å². The number of rotatable bonds is 5. The van der Waals surface area contributed by atoms with Gasteiger partial charge in [-0.2, -0.15) is 0 Å². The lowest BCUT2D eigenvalue weighted by molar-refractivity contribution is 0.00717. The smallest absolute Gasteiger partial charge is 0.119 e. The highest BCUT2D eigenvalue weighted by Gasteiger charge is 2.23. The zero-order chi connectivity index (χ0) is 12.8. The highest BCUT2D eigenvalue weighted by Crippen LogP contribution is 2.30. The van der Waals surface area contributed by atoms with Crippen LogP contribution in [0.4, 0.5) is 0 Å². The number of aliphatic hydroxyl groups excluding tert-OH is 1. The number of ether oxygens (including phenoxy) is 2. The maximum atomic E-state index is 10.3. The van der Waals surface area contributed by atoms with Crippen molar-refractivity contribution in [1.29, 1.82) is 0 Å². The normalized spacial score (nSPS) is 18.6. The van der Waals surface area contributed by atoms with Crippen LogP contribution in [0.25, 0.3) is 0 Å². The van der Waals surface area contributed by atoms with E-state index in [1.54, 1.807) is 0 Å². The Kier molecular flexibility index (Phi) is 5.02. The molecule has 1 aliphatic heterocycles. The molecule has 0 amide bonds. The van der Waals surface area contributed by atoms with E-state index in [0.29, 0.717) is 5.92 Å². The predicted molar refractivity (Wildman–Crippen MR) is 70.7 cm³/mol. The first-order valence-corrected chi connectivity index (χ1v) is 6.80. The van der Waals surface area contributed by atoms with E-state index < -0.39 is 0 Å². The predicted octanol–water partition coefficient (Wildman–Crippen LogP) is 2.94. The van der Waals surface area contributed by atoms with Crippen LogP contribution in [-0.2, 0) is 4.74 Å². The van der Waals surface area contributed by atoms with Crippen molar-refractivity contribution in [1.82, 2.24) is 0 Å². The molecule has 3 heteroatoms. The zero-order valence-electron chi connectivity index (χ0n) is 11.0. The maximum absolute atomic E-state index is 10.3. The van der Waals surface area contributed by atoms with Gasteiger partial charge in [-0.15, -0.1) is 0 Å². The lowest BCUT2D eigenvalue weighted by Crippen LogP contribution is -2.21. The van der Waals surface area contributed by atoms with Gasteiger partial charge in [0.1, 0.15) is 5.75 Å². The minimum Gasteiger partial charge on any atom is -0.494 e. The van der Waals surface area contributed by atoms with Crippen LogP contribution in [0.2, 0.25) is 0 Å². The van der Waals surface area contributed by atoms with Crippen molar-refractivity contribution in [2.24, 2.45) is 5.92 Å². The molecule has 1 heterocycles. The average molecular weight is 250 g/mol. The highest BCUT2D eigenvalue weighted by molar-refractivity contribution is 5.28. The summed E-state index contributed by atoms with van der Waals surface area (Å²) in [5, 5.41) is 10.3. The van der Waals surface area contributed by atoms with Crippen LogP contribution in [-0.4, -0.2) is 24.9 Å². The van der Waals surface area contributed by atoms with Crippen LogP contribution in [0.1, 0.15) is 37.9 Å². The molecule has 0 radical (unpaired) electrons. The van der Waals surface area contributed by atoms with Gasteiger partial charge in [0, 0.05) is 13.2 Å². The molecule has 0 bridgehead atoms. The molecule has 0 aromatic heterocycles. The molecule has 1 N–H and O–H groups in total. The van der Waals surface area contributed by atoms with Crippen molar-refractivity contribution in [3.63, 3.8) is 0 Å². The summed E-state index contributed by atoms with van der Waals surface area (Å²) in [5.74, 6) is 1.20. The van der Waals surface area contributed by atoms with Crippen molar-refractivity contribution in [2.45, 2.75) is 32.3 Å².